The third-order valence-electron chi connectivity index (χ3n) is 4.44. The summed E-state index contributed by atoms with van der Waals surface area (Å²) in [5.41, 5.74) is 2.32. The summed E-state index contributed by atoms with van der Waals surface area (Å²) in [5, 5.41) is 3.82. The Labute approximate surface area is 162 Å². The van der Waals surface area contributed by atoms with Gasteiger partial charge in [-0.1, -0.05) is 24.3 Å². The predicted octanol–water partition coefficient (Wildman–Crippen LogP) is 2.81. The lowest BCUT2D eigenvalue weighted by Gasteiger charge is -2.15. The molecule has 1 amide bonds. The van der Waals surface area contributed by atoms with Gasteiger partial charge in [-0.3, -0.25) is 9.36 Å². The van der Waals surface area contributed by atoms with Crippen LogP contribution in [-0.2, 0) is 6.54 Å². The Balaban J connectivity index is 1.54. The summed E-state index contributed by atoms with van der Waals surface area (Å²) in [5.74, 6) is 1.39. The quantitative estimate of drug-likeness (QED) is 0.583. The molecule has 0 spiro atoms. The van der Waals surface area contributed by atoms with Crippen molar-refractivity contribution in [1.29, 1.82) is 0 Å². The summed E-state index contributed by atoms with van der Waals surface area (Å²) < 4.78 is 1.83. The summed E-state index contributed by atoms with van der Waals surface area (Å²) in [6.07, 6.45) is 6.99. The number of carbonyl (C=O) groups excluding carboxylic acids is 1. The normalized spacial score (nSPS) is 10.8. The smallest absolute Gasteiger partial charge is 0.252 e. The molecule has 4 aromatic rings. The van der Waals surface area contributed by atoms with E-state index in [1.165, 1.54) is 0 Å². The molecule has 0 bridgehead atoms. The largest absolute Gasteiger partial charge is 0.363 e. The number of imidazole rings is 1. The van der Waals surface area contributed by atoms with E-state index in [4.69, 9.17) is 0 Å². The van der Waals surface area contributed by atoms with Gasteiger partial charge in [0.05, 0.1) is 11.1 Å². The number of para-hydroxylation sites is 1. The molecule has 1 aromatic carbocycles. The second-order valence-electron chi connectivity index (χ2n) is 6.62. The number of hydrogen-bond donors (Lipinski definition) is 1. The lowest BCUT2D eigenvalue weighted by molar-refractivity contribution is 0.0952. The minimum atomic E-state index is -0.139. The average Bonchev–Trinajstić information content (AvgIpc) is 3.26. The van der Waals surface area contributed by atoms with Crippen LogP contribution in [0.2, 0.25) is 0 Å². The topological polar surface area (TPSA) is 75.9 Å². The van der Waals surface area contributed by atoms with Crippen LogP contribution in [0.5, 0.6) is 0 Å². The molecule has 0 fully saturated rings. The van der Waals surface area contributed by atoms with Crippen molar-refractivity contribution in [3.05, 3.63) is 78.5 Å². The van der Waals surface area contributed by atoms with Crippen LogP contribution in [0.3, 0.4) is 0 Å². The summed E-state index contributed by atoms with van der Waals surface area (Å²) in [6, 6.07) is 13.3. The molecule has 0 atom stereocenters. The number of pyridine rings is 2. The molecule has 0 saturated heterocycles. The van der Waals surface area contributed by atoms with Gasteiger partial charge in [0.2, 0.25) is 0 Å². The Hall–Kier alpha value is -3.74. The maximum atomic E-state index is 12.9. The molecule has 7 nitrogen and oxygen atoms in total. The molecule has 3 heterocycles. The van der Waals surface area contributed by atoms with Gasteiger partial charge in [-0.15, -0.1) is 0 Å². The van der Waals surface area contributed by atoms with Crippen LogP contribution in [0, 0.1) is 0 Å². The molecule has 0 aliphatic heterocycles. The van der Waals surface area contributed by atoms with Crippen LogP contribution < -0.4 is 10.2 Å². The fourth-order valence-electron chi connectivity index (χ4n) is 2.92. The number of benzene rings is 1. The molecule has 0 aliphatic rings. The van der Waals surface area contributed by atoms with Gasteiger partial charge < -0.3 is 10.2 Å². The van der Waals surface area contributed by atoms with Crippen molar-refractivity contribution in [2.24, 2.45) is 0 Å². The Kier molecular flexibility index (Phi) is 4.72. The number of carbonyl (C=O) groups is 1. The zero-order chi connectivity index (χ0) is 19.5. The first-order valence-electron chi connectivity index (χ1n) is 8.90. The first-order valence-corrected chi connectivity index (χ1v) is 8.90. The molecule has 0 unspecified atom stereocenters. The van der Waals surface area contributed by atoms with Gasteiger partial charge in [0.15, 0.2) is 0 Å². The van der Waals surface area contributed by atoms with E-state index in [1.807, 2.05) is 72.2 Å². The summed E-state index contributed by atoms with van der Waals surface area (Å²) in [7, 11) is 3.82. The molecule has 0 saturated carbocycles. The standard InChI is InChI=1S/C21H20N6O/c1-26(2)20-11-17(16-5-3-4-6-18(16)25-20)21(28)24-13-15-7-8-19(23-12-15)27-10-9-22-14-27/h3-12,14H,13H2,1-2H3,(H,24,28). The molecular weight excluding hydrogens is 352 g/mol. The second-order valence-corrected chi connectivity index (χ2v) is 6.62. The first kappa shape index (κ1) is 17.7. The summed E-state index contributed by atoms with van der Waals surface area (Å²) >= 11 is 0. The Bertz CT molecular complexity index is 1100. The Morgan fingerprint density at radius 3 is 2.75 bits per heavy atom. The number of amides is 1. The van der Waals surface area contributed by atoms with Crippen molar-refractivity contribution in [2.45, 2.75) is 6.54 Å². The minimum Gasteiger partial charge on any atom is -0.363 e. The molecular formula is C21H20N6O. The van der Waals surface area contributed by atoms with Crippen molar-refractivity contribution in [3.63, 3.8) is 0 Å². The maximum absolute atomic E-state index is 12.9. The third-order valence-corrected chi connectivity index (χ3v) is 4.44. The van der Waals surface area contributed by atoms with E-state index in [0.717, 1.165) is 28.1 Å². The van der Waals surface area contributed by atoms with E-state index < -0.39 is 0 Å². The highest BCUT2D eigenvalue weighted by Crippen LogP contribution is 2.22. The van der Waals surface area contributed by atoms with E-state index in [-0.39, 0.29) is 5.91 Å². The summed E-state index contributed by atoms with van der Waals surface area (Å²) in [4.78, 5) is 27.8. The molecule has 140 valence electrons. The summed E-state index contributed by atoms with van der Waals surface area (Å²) in [6.45, 7) is 0.393. The Morgan fingerprint density at radius 1 is 1.18 bits per heavy atom. The van der Waals surface area contributed by atoms with Gasteiger partial charge in [0.1, 0.15) is 18.0 Å². The van der Waals surface area contributed by atoms with Crippen molar-refractivity contribution < 1.29 is 4.79 Å². The molecule has 3 aromatic heterocycles. The van der Waals surface area contributed by atoms with E-state index in [9.17, 15) is 4.79 Å². The van der Waals surface area contributed by atoms with Crippen molar-refractivity contribution in [2.75, 3.05) is 19.0 Å². The molecule has 28 heavy (non-hydrogen) atoms. The van der Waals surface area contributed by atoms with Gasteiger partial charge in [0.25, 0.3) is 5.91 Å². The average molecular weight is 372 g/mol. The molecule has 1 N–H and O–H groups in total. The van der Waals surface area contributed by atoms with E-state index in [2.05, 4.69) is 20.3 Å². The first-order chi connectivity index (χ1) is 13.6. The van der Waals surface area contributed by atoms with E-state index in [1.54, 1.807) is 18.7 Å². The number of fused-ring (bicyclic) bond motifs is 1. The van der Waals surface area contributed by atoms with Crippen LogP contribution in [0.15, 0.2) is 67.4 Å². The van der Waals surface area contributed by atoms with E-state index in [0.29, 0.717) is 12.1 Å². The number of rotatable bonds is 5. The van der Waals surface area contributed by atoms with Crippen molar-refractivity contribution >= 4 is 22.6 Å². The molecule has 4 rings (SSSR count). The van der Waals surface area contributed by atoms with Crippen LogP contribution >= 0.6 is 0 Å². The van der Waals surface area contributed by atoms with Gasteiger partial charge in [0, 0.05) is 44.6 Å². The SMILES string of the molecule is CN(C)c1cc(C(=O)NCc2ccc(-n3ccnc3)nc2)c2ccccc2n1. The molecule has 0 aliphatic carbocycles. The van der Waals surface area contributed by atoms with Gasteiger partial charge in [-0.05, 0) is 23.8 Å². The third kappa shape index (κ3) is 3.55. The van der Waals surface area contributed by atoms with Crippen molar-refractivity contribution in [1.82, 2.24) is 24.8 Å². The minimum absolute atomic E-state index is 0.139. The Morgan fingerprint density at radius 2 is 2.04 bits per heavy atom. The monoisotopic (exact) mass is 372 g/mol. The second kappa shape index (κ2) is 7.48. The number of nitrogens with zero attached hydrogens (tertiary/aromatic N) is 5. The fraction of sp³-hybridized carbons (Fsp3) is 0.143. The lowest BCUT2D eigenvalue weighted by atomic mass is 10.1. The number of nitrogens with one attached hydrogen (secondary N) is 1. The molecule has 0 radical (unpaired) electrons. The number of anilines is 1. The molecule has 7 heteroatoms. The van der Waals surface area contributed by atoms with Crippen LogP contribution in [0.1, 0.15) is 15.9 Å². The van der Waals surface area contributed by atoms with Gasteiger partial charge in [-0.2, -0.15) is 0 Å². The highest BCUT2D eigenvalue weighted by molar-refractivity contribution is 6.07. The lowest BCUT2D eigenvalue weighted by Crippen LogP contribution is -2.24. The van der Waals surface area contributed by atoms with Crippen LogP contribution in [0.25, 0.3) is 16.7 Å². The number of aromatic nitrogens is 4. The maximum Gasteiger partial charge on any atom is 0.252 e. The van der Waals surface area contributed by atoms with E-state index >= 15 is 0 Å². The van der Waals surface area contributed by atoms with Crippen LogP contribution in [0.4, 0.5) is 5.82 Å². The van der Waals surface area contributed by atoms with Gasteiger partial charge in [-0.25, -0.2) is 15.0 Å². The zero-order valence-corrected chi connectivity index (χ0v) is 15.7. The predicted molar refractivity (Wildman–Crippen MR) is 109 cm³/mol. The number of hydrogen-bond acceptors (Lipinski definition) is 5. The highest BCUT2D eigenvalue weighted by atomic mass is 16.1. The zero-order valence-electron chi connectivity index (χ0n) is 15.7. The van der Waals surface area contributed by atoms with Gasteiger partial charge >= 0.3 is 0 Å². The highest BCUT2D eigenvalue weighted by Gasteiger charge is 2.13. The van der Waals surface area contributed by atoms with Crippen molar-refractivity contribution in [3.8, 4) is 5.82 Å². The fourth-order valence-corrected chi connectivity index (χ4v) is 2.92. The van der Waals surface area contributed by atoms with Crippen LogP contribution in [-0.4, -0.2) is 39.5 Å².